The molecule has 0 fully saturated rings. The van der Waals surface area contributed by atoms with Gasteiger partial charge in [0.1, 0.15) is 16.8 Å². The molecular formula is C18H15ClFN3. The average Bonchev–Trinajstić information content (AvgIpc) is 2.54. The first-order chi connectivity index (χ1) is 11.1. The van der Waals surface area contributed by atoms with E-state index >= 15 is 0 Å². The predicted molar refractivity (Wildman–Crippen MR) is 90.9 cm³/mol. The molecule has 1 heterocycles. The molecule has 0 amide bonds. The largest absolute Gasteiger partial charge is 0.366 e. The van der Waals surface area contributed by atoms with Gasteiger partial charge in [0.15, 0.2) is 5.82 Å². The molecule has 0 spiro atoms. The molecule has 3 rings (SSSR count). The van der Waals surface area contributed by atoms with Crippen LogP contribution in [0, 0.1) is 12.7 Å². The Labute approximate surface area is 139 Å². The van der Waals surface area contributed by atoms with Gasteiger partial charge in [-0.3, -0.25) is 0 Å². The molecule has 1 N–H and O–H groups in total. The Balaban J connectivity index is 1.83. The molecule has 23 heavy (non-hydrogen) atoms. The number of rotatable bonds is 4. The summed E-state index contributed by atoms with van der Waals surface area (Å²) in [6.45, 7) is 2.71. The maximum Gasteiger partial charge on any atom is 0.163 e. The number of benzene rings is 2. The summed E-state index contributed by atoms with van der Waals surface area (Å²) in [7, 11) is 0. The third-order valence-electron chi connectivity index (χ3n) is 3.52. The van der Waals surface area contributed by atoms with E-state index in [9.17, 15) is 4.39 Å². The number of anilines is 1. The number of nitrogens with one attached hydrogen (secondary N) is 1. The van der Waals surface area contributed by atoms with Crippen LogP contribution in [-0.2, 0) is 6.54 Å². The zero-order valence-electron chi connectivity index (χ0n) is 12.6. The van der Waals surface area contributed by atoms with Gasteiger partial charge in [-0.1, -0.05) is 35.9 Å². The Kier molecular flexibility index (Phi) is 4.53. The van der Waals surface area contributed by atoms with E-state index in [1.165, 1.54) is 23.3 Å². The highest BCUT2D eigenvalue weighted by Crippen LogP contribution is 2.21. The standard InChI is InChI=1S/C18H15ClFN3/c1-12-4-2-3-5-14(12)11-21-17-10-16(19)22-18(23-17)13-6-8-15(20)9-7-13/h2-10H,11H2,1H3,(H,21,22,23). The van der Waals surface area contributed by atoms with Gasteiger partial charge in [-0.25, -0.2) is 14.4 Å². The van der Waals surface area contributed by atoms with Crippen LogP contribution in [0.3, 0.4) is 0 Å². The molecule has 0 radical (unpaired) electrons. The van der Waals surface area contributed by atoms with Crippen molar-refractivity contribution >= 4 is 17.4 Å². The smallest absolute Gasteiger partial charge is 0.163 e. The summed E-state index contributed by atoms with van der Waals surface area (Å²) < 4.78 is 13.0. The second-order valence-electron chi connectivity index (χ2n) is 5.19. The molecule has 0 saturated heterocycles. The molecule has 3 nitrogen and oxygen atoms in total. The lowest BCUT2D eigenvalue weighted by Crippen LogP contribution is -2.04. The summed E-state index contributed by atoms with van der Waals surface area (Å²) in [5, 5.41) is 3.59. The minimum atomic E-state index is -0.298. The molecule has 116 valence electrons. The lowest BCUT2D eigenvalue weighted by Gasteiger charge is -2.10. The molecule has 0 aliphatic heterocycles. The number of aromatic nitrogens is 2. The normalized spacial score (nSPS) is 10.6. The molecule has 0 aliphatic rings. The third kappa shape index (κ3) is 3.85. The first kappa shape index (κ1) is 15.4. The Hall–Kier alpha value is -2.46. The summed E-state index contributed by atoms with van der Waals surface area (Å²) in [4.78, 5) is 8.65. The highest BCUT2D eigenvalue weighted by molar-refractivity contribution is 6.29. The van der Waals surface area contributed by atoms with Crippen molar-refractivity contribution in [3.63, 3.8) is 0 Å². The molecule has 1 aromatic heterocycles. The van der Waals surface area contributed by atoms with Crippen molar-refractivity contribution in [2.45, 2.75) is 13.5 Å². The minimum absolute atomic E-state index is 0.298. The first-order valence-corrected chi connectivity index (χ1v) is 7.58. The van der Waals surface area contributed by atoms with Gasteiger partial charge in [0.05, 0.1) is 0 Å². The van der Waals surface area contributed by atoms with E-state index < -0.39 is 0 Å². The van der Waals surface area contributed by atoms with Gasteiger partial charge in [0, 0.05) is 18.2 Å². The predicted octanol–water partition coefficient (Wildman–Crippen LogP) is 4.86. The minimum Gasteiger partial charge on any atom is -0.366 e. The summed E-state index contributed by atoms with van der Waals surface area (Å²) >= 11 is 6.08. The van der Waals surface area contributed by atoms with Crippen LogP contribution in [0.1, 0.15) is 11.1 Å². The van der Waals surface area contributed by atoms with Crippen LogP contribution in [0.4, 0.5) is 10.2 Å². The van der Waals surface area contributed by atoms with Gasteiger partial charge in [0.25, 0.3) is 0 Å². The molecule has 3 aromatic rings. The van der Waals surface area contributed by atoms with Gasteiger partial charge >= 0.3 is 0 Å². The fourth-order valence-corrected chi connectivity index (χ4v) is 2.41. The number of nitrogens with zero attached hydrogens (tertiary/aromatic N) is 2. The number of aryl methyl sites for hydroxylation is 1. The Morgan fingerprint density at radius 1 is 1.04 bits per heavy atom. The summed E-state index contributed by atoms with van der Waals surface area (Å²) in [5.41, 5.74) is 3.11. The first-order valence-electron chi connectivity index (χ1n) is 7.21. The van der Waals surface area contributed by atoms with Crippen LogP contribution in [0.2, 0.25) is 5.15 Å². The quantitative estimate of drug-likeness (QED) is 0.696. The lowest BCUT2D eigenvalue weighted by atomic mass is 10.1. The van der Waals surface area contributed by atoms with E-state index in [2.05, 4.69) is 34.3 Å². The number of hydrogen-bond acceptors (Lipinski definition) is 3. The molecule has 5 heteroatoms. The van der Waals surface area contributed by atoms with E-state index in [1.807, 2.05) is 12.1 Å². The monoisotopic (exact) mass is 327 g/mol. The van der Waals surface area contributed by atoms with Crippen molar-refractivity contribution in [2.24, 2.45) is 0 Å². The summed E-state index contributed by atoms with van der Waals surface area (Å²) in [5.74, 6) is 0.797. The maximum atomic E-state index is 13.0. The summed E-state index contributed by atoms with van der Waals surface area (Å²) in [6, 6.07) is 15.8. The fourth-order valence-electron chi connectivity index (χ4n) is 2.23. The van der Waals surface area contributed by atoms with Crippen LogP contribution in [-0.4, -0.2) is 9.97 Å². The van der Waals surface area contributed by atoms with Crippen molar-refractivity contribution in [2.75, 3.05) is 5.32 Å². The van der Waals surface area contributed by atoms with Crippen molar-refractivity contribution in [1.29, 1.82) is 0 Å². The van der Waals surface area contributed by atoms with Gasteiger partial charge in [0.2, 0.25) is 0 Å². The van der Waals surface area contributed by atoms with Crippen molar-refractivity contribution in [3.05, 3.63) is 76.7 Å². The zero-order chi connectivity index (χ0) is 16.2. The van der Waals surface area contributed by atoms with E-state index in [0.717, 1.165) is 0 Å². The fraction of sp³-hybridized carbons (Fsp3) is 0.111. The second kappa shape index (κ2) is 6.75. The molecule has 0 bridgehead atoms. The van der Waals surface area contributed by atoms with E-state index in [0.29, 0.717) is 28.9 Å². The van der Waals surface area contributed by atoms with Crippen LogP contribution < -0.4 is 5.32 Å². The van der Waals surface area contributed by atoms with Crippen molar-refractivity contribution in [3.8, 4) is 11.4 Å². The van der Waals surface area contributed by atoms with E-state index in [4.69, 9.17) is 11.6 Å². The molecule has 0 atom stereocenters. The lowest BCUT2D eigenvalue weighted by molar-refractivity contribution is 0.628. The van der Waals surface area contributed by atoms with Crippen LogP contribution >= 0.6 is 11.6 Å². The molecule has 0 saturated carbocycles. The Bertz CT molecular complexity index is 819. The summed E-state index contributed by atoms with van der Waals surface area (Å²) in [6.07, 6.45) is 0. The van der Waals surface area contributed by atoms with Crippen molar-refractivity contribution < 1.29 is 4.39 Å². The Morgan fingerprint density at radius 3 is 2.52 bits per heavy atom. The van der Waals surface area contributed by atoms with Crippen LogP contribution in [0.5, 0.6) is 0 Å². The average molecular weight is 328 g/mol. The highest BCUT2D eigenvalue weighted by atomic mass is 35.5. The SMILES string of the molecule is Cc1ccccc1CNc1cc(Cl)nc(-c2ccc(F)cc2)n1. The highest BCUT2D eigenvalue weighted by Gasteiger charge is 2.07. The van der Waals surface area contributed by atoms with Gasteiger partial charge in [-0.05, 0) is 42.3 Å². The van der Waals surface area contributed by atoms with Crippen LogP contribution in [0.15, 0.2) is 54.6 Å². The van der Waals surface area contributed by atoms with Crippen molar-refractivity contribution in [1.82, 2.24) is 9.97 Å². The van der Waals surface area contributed by atoms with E-state index in [1.54, 1.807) is 18.2 Å². The van der Waals surface area contributed by atoms with E-state index in [-0.39, 0.29) is 5.82 Å². The van der Waals surface area contributed by atoms with Crippen LogP contribution in [0.25, 0.3) is 11.4 Å². The number of hydrogen-bond donors (Lipinski definition) is 1. The second-order valence-corrected chi connectivity index (χ2v) is 5.57. The maximum absolute atomic E-state index is 13.0. The molecule has 0 unspecified atom stereocenters. The third-order valence-corrected chi connectivity index (χ3v) is 3.71. The molecular weight excluding hydrogens is 313 g/mol. The van der Waals surface area contributed by atoms with Gasteiger partial charge < -0.3 is 5.32 Å². The number of halogens is 2. The molecule has 0 aliphatic carbocycles. The van der Waals surface area contributed by atoms with Gasteiger partial charge in [-0.2, -0.15) is 0 Å². The Morgan fingerprint density at radius 2 is 1.78 bits per heavy atom. The molecule has 2 aromatic carbocycles. The zero-order valence-corrected chi connectivity index (χ0v) is 13.3. The van der Waals surface area contributed by atoms with Gasteiger partial charge in [-0.15, -0.1) is 0 Å². The topological polar surface area (TPSA) is 37.8 Å².